The molecule has 1 aliphatic rings. The highest BCUT2D eigenvalue weighted by atomic mass is 32.1. The summed E-state index contributed by atoms with van der Waals surface area (Å²) in [5.41, 5.74) is 0.0111. The minimum atomic E-state index is -0.882. The summed E-state index contributed by atoms with van der Waals surface area (Å²) in [5, 5.41) is 17.7. The summed E-state index contributed by atoms with van der Waals surface area (Å²) in [7, 11) is 0. The molecule has 2 aromatic heterocycles. The highest BCUT2D eigenvalue weighted by Gasteiger charge is 2.41. The summed E-state index contributed by atoms with van der Waals surface area (Å²) >= 11 is 1.41. The Labute approximate surface area is 160 Å². The number of nitrogens with one attached hydrogen (secondary N) is 1. The number of aromatic nitrogens is 3. The smallest absolute Gasteiger partial charge is 0.282 e. The second kappa shape index (κ2) is 6.20. The van der Waals surface area contributed by atoms with E-state index >= 15 is 0 Å². The van der Waals surface area contributed by atoms with Gasteiger partial charge in [0, 0.05) is 10.9 Å². The summed E-state index contributed by atoms with van der Waals surface area (Å²) in [6.07, 6.45) is 0. The average molecular weight is 400 g/mol. The first-order valence-corrected chi connectivity index (χ1v) is 8.85. The molecule has 0 atom stereocenters. The number of fused-ring (bicyclic) bond motifs is 2. The van der Waals surface area contributed by atoms with Crippen LogP contribution < -0.4 is 5.32 Å². The van der Waals surface area contributed by atoms with Crippen LogP contribution in [0.2, 0.25) is 0 Å². The van der Waals surface area contributed by atoms with Crippen LogP contribution >= 0.6 is 11.3 Å². The standard InChI is InChI=1S/C16H12N6O5S/c1-7-8(2)28-16-18-15(19-21(7)16)17-11(23)6-20-13(24)9-4-3-5-10(22(26)27)12(9)14(20)25/h3-5H,6H2,1-2H3,(H,17,19,23). The van der Waals surface area contributed by atoms with E-state index in [1.807, 2.05) is 13.8 Å². The molecule has 4 rings (SSSR count). The molecule has 0 saturated heterocycles. The van der Waals surface area contributed by atoms with Gasteiger partial charge in [0.1, 0.15) is 12.1 Å². The van der Waals surface area contributed by atoms with Gasteiger partial charge in [-0.15, -0.1) is 5.10 Å². The number of hydrogen-bond acceptors (Lipinski definition) is 8. The molecule has 0 aliphatic carbocycles. The summed E-state index contributed by atoms with van der Waals surface area (Å²) in [4.78, 5) is 54.1. The first-order valence-electron chi connectivity index (χ1n) is 8.04. The number of nitro benzene ring substituents is 1. The molecule has 3 heterocycles. The van der Waals surface area contributed by atoms with Crippen LogP contribution in [0.1, 0.15) is 31.3 Å². The fourth-order valence-corrected chi connectivity index (χ4v) is 3.82. The molecule has 0 radical (unpaired) electrons. The molecule has 142 valence electrons. The monoisotopic (exact) mass is 400 g/mol. The van der Waals surface area contributed by atoms with Gasteiger partial charge in [-0.3, -0.25) is 34.7 Å². The van der Waals surface area contributed by atoms with E-state index in [2.05, 4.69) is 15.4 Å². The molecule has 1 aliphatic heterocycles. The topological polar surface area (TPSA) is 140 Å². The predicted octanol–water partition coefficient (Wildman–Crippen LogP) is 1.55. The van der Waals surface area contributed by atoms with Crippen molar-refractivity contribution in [1.29, 1.82) is 0 Å². The van der Waals surface area contributed by atoms with E-state index in [9.17, 15) is 24.5 Å². The van der Waals surface area contributed by atoms with Crippen molar-refractivity contribution in [3.63, 3.8) is 0 Å². The number of hydrogen-bond donors (Lipinski definition) is 1. The van der Waals surface area contributed by atoms with E-state index in [0.717, 1.165) is 16.6 Å². The van der Waals surface area contributed by atoms with Crippen molar-refractivity contribution in [2.45, 2.75) is 13.8 Å². The van der Waals surface area contributed by atoms with Gasteiger partial charge in [0.15, 0.2) is 0 Å². The minimum absolute atomic E-state index is 0.0435. The Kier molecular flexibility index (Phi) is 3.92. The predicted molar refractivity (Wildman–Crippen MR) is 97.4 cm³/mol. The number of nitro groups is 1. The van der Waals surface area contributed by atoms with E-state index in [4.69, 9.17) is 0 Å². The molecule has 3 aromatic rings. The summed E-state index contributed by atoms with van der Waals surface area (Å²) < 4.78 is 1.58. The van der Waals surface area contributed by atoms with Crippen molar-refractivity contribution < 1.29 is 19.3 Å². The number of nitrogens with zero attached hydrogens (tertiary/aromatic N) is 5. The van der Waals surface area contributed by atoms with E-state index in [0.29, 0.717) is 9.86 Å². The first-order chi connectivity index (χ1) is 13.3. The highest BCUT2D eigenvalue weighted by molar-refractivity contribution is 7.17. The molecule has 3 amide bonds. The molecule has 11 nitrogen and oxygen atoms in total. The van der Waals surface area contributed by atoms with E-state index in [1.165, 1.54) is 23.5 Å². The quantitative estimate of drug-likeness (QED) is 0.398. The molecule has 0 saturated carbocycles. The summed E-state index contributed by atoms with van der Waals surface area (Å²) in [5.74, 6) is -2.29. The lowest BCUT2D eigenvalue weighted by atomic mass is 10.1. The summed E-state index contributed by atoms with van der Waals surface area (Å²) in [6.45, 7) is 3.19. The molecule has 0 fully saturated rings. The maximum Gasteiger partial charge on any atom is 0.282 e. The van der Waals surface area contributed by atoms with Gasteiger partial charge in [0.25, 0.3) is 17.5 Å². The lowest BCUT2D eigenvalue weighted by molar-refractivity contribution is -0.385. The third kappa shape index (κ3) is 2.62. The number of benzene rings is 1. The zero-order valence-corrected chi connectivity index (χ0v) is 15.4. The van der Waals surface area contributed by atoms with Gasteiger partial charge in [0.2, 0.25) is 16.8 Å². The zero-order valence-electron chi connectivity index (χ0n) is 14.6. The van der Waals surface area contributed by atoms with Crippen molar-refractivity contribution >= 4 is 45.7 Å². The van der Waals surface area contributed by atoms with Gasteiger partial charge in [0.05, 0.1) is 16.2 Å². The van der Waals surface area contributed by atoms with Gasteiger partial charge in [-0.25, -0.2) is 4.52 Å². The van der Waals surface area contributed by atoms with Gasteiger partial charge in [-0.2, -0.15) is 4.98 Å². The first kappa shape index (κ1) is 17.7. The molecular weight excluding hydrogens is 388 g/mol. The Morgan fingerprint density at radius 1 is 1.29 bits per heavy atom. The number of rotatable bonds is 4. The summed E-state index contributed by atoms with van der Waals surface area (Å²) in [6, 6.07) is 3.77. The molecule has 28 heavy (non-hydrogen) atoms. The van der Waals surface area contributed by atoms with Crippen LogP contribution in [-0.2, 0) is 4.79 Å². The number of imide groups is 1. The maximum absolute atomic E-state index is 12.5. The Morgan fingerprint density at radius 3 is 2.71 bits per heavy atom. The average Bonchev–Trinajstić information content (AvgIpc) is 3.23. The van der Waals surface area contributed by atoms with Crippen LogP contribution in [0.15, 0.2) is 18.2 Å². The van der Waals surface area contributed by atoms with E-state index in [1.54, 1.807) is 4.52 Å². The van der Waals surface area contributed by atoms with Gasteiger partial charge < -0.3 is 0 Å². The Bertz CT molecular complexity index is 1200. The zero-order chi connectivity index (χ0) is 20.2. The van der Waals surface area contributed by atoms with Gasteiger partial charge in [-0.05, 0) is 19.9 Å². The third-order valence-corrected chi connectivity index (χ3v) is 5.42. The Morgan fingerprint density at radius 2 is 2.04 bits per heavy atom. The molecular formula is C16H12N6O5S. The molecule has 1 N–H and O–H groups in total. The fraction of sp³-hybridized carbons (Fsp3) is 0.188. The molecule has 0 bridgehead atoms. The molecule has 12 heteroatoms. The largest absolute Gasteiger partial charge is 0.292 e. The van der Waals surface area contributed by atoms with Crippen molar-refractivity contribution in [1.82, 2.24) is 19.5 Å². The number of thiazole rings is 1. The van der Waals surface area contributed by atoms with Crippen LogP contribution in [0.25, 0.3) is 4.96 Å². The minimum Gasteiger partial charge on any atom is -0.292 e. The van der Waals surface area contributed by atoms with Crippen LogP contribution in [0, 0.1) is 24.0 Å². The Balaban J connectivity index is 1.54. The molecule has 1 aromatic carbocycles. The van der Waals surface area contributed by atoms with E-state index < -0.39 is 34.9 Å². The Hall–Kier alpha value is -3.67. The normalized spacial score (nSPS) is 13.3. The SMILES string of the molecule is Cc1sc2nc(NC(=O)CN3C(=O)c4cccc([N+](=O)[O-])c4C3=O)nn2c1C. The molecule has 0 spiro atoms. The van der Waals surface area contributed by atoms with Crippen LogP contribution in [-0.4, -0.2) is 48.7 Å². The van der Waals surface area contributed by atoms with Crippen molar-refractivity contribution in [3.05, 3.63) is 50.0 Å². The maximum atomic E-state index is 12.5. The van der Waals surface area contributed by atoms with Crippen molar-refractivity contribution in [2.75, 3.05) is 11.9 Å². The van der Waals surface area contributed by atoms with Crippen LogP contribution in [0.5, 0.6) is 0 Å². The second-order valence-electron chi connectivity index (χ2n) is 6.07. The highest BCUT2D eigenvalue weighted by Crippen LogP contribution is 2.30. The number of carbonyl (C=O) groups is 3. The van der Waals surface area contributed by atoms with Crippen LogP contribution in [0.4, 0.5) is 11.6 Å². The number of amides is 3. The fourth-order valence-electron chi connectivity index (χ4n) is 2.91. The van der Waals surface area contributed by atoms with E-state index in [-0.39, 0.29) is 17.1 Å². The third-order valence-electron chi connectivity index (χ3n) is 4.38. The second-order valence-corrected chi connectivity index (χ2v) is 7.26. The van der Waals surface area contributed by atoms with Crippen molar-refractivity contribution in [2.24, 2.45) is 0 Å². The molecule has 0 unspecified atom stereocenters. The number of carbonyl (C=O) groups excluding carboxylic acids is 3. The lowest BCUT2D eigenvalue weighted by Crippen LogP contribution is -2.37. The van der Waals surface area contributed by atoms with Crippen LogP contribution in [0.3, 0.4) is 0 Å². The van der Waals surface area contributed by atoms with Gasteiger partial charge >= 0.3 is 0 Å². The van der Waals surface area contributed by atoms with Crippen molar-refractivity contribution in [3.8, 4) is 0 Å². The lowest BCUT2D eigenvalue weighted by Gasteiger charge is -2.12. The number of anilines is 1. The number of aryl methyl sites for hydroxylation is 2. The van der Waals surface area contributed by atoms with Gasteiger partial charge in [-0.1, -0.05) is 17.4 Å².